The molecule has 0 fully saturated rings. The predicted molar refractivity (Wildman–Crippen MR) is 111 cm³/mol. The minimum atomic E-state index is -0.149. The summed E-state index contributed by atoms with van der Waals surface area (Å²) in [7, 11) is 0. The summed E-state index contributed by atoms with van der Waals surface area (Å²) in [6.45, 7) is 12.7. The number of pyridine rings is 1. The summed E-state index contributed by atoms with van der Waals surface area (Å²) in [5.74, 6) is 0.396. The summed E-state index contributed by atoms with van der Waals surface area (Å²) in [6, 6.07) is 14.3. The Bertz CT molecular complexity index is 911. The second-order valence-corrected chi connectivity index (χ2v) is 8.96. The van der Waals surface area contributed by atoms with E-state index in [2.05, 4.69) is 64.0 Å². The highest BCUT2D eigenvalue weighted by Crippen LogP contribution is 2.41. The molecule has 26 heavy (non-hydrogen) atoms. The number of fused-ring (bicyclic) bond motifs is 1. The summed E-state index contributed by atoms with van der Waals surface area (Å²) in [5.41, 5.74) is 4.48. The maximum absolute atomic E-state index is 10.9. The molecule has 0 saturated heterocycles. The van der Waals surface area contributed by atoms with E-state index in [-0.39, 0.29) is 10.8 Å². The van der Waals surface area contributed by atoms with Crippen molar-refractivity contribution in [3.8, 4) is 5.75 Å². The summed E-state index contributed by atoms with van der Waals surface area (Å²) in [6.07, 6.45) is 1.85. The third-order valence-electron chi connectivity index (χ3n) is 4.61. The number of benzene rings is 2. The van der Waals surface area contributed by atoms with E-state index >= 15 is 0 Å². The van der Waals surface area contributed by atoms with Gasteiger partial charge in [-0.1, -0.05) is 59.7 Å². The molecule has 1 heterocycles. The van der Waals surface area contributed by atoms with Gasteiger partial charge in [-0.05, 0) is 35.1 Å². The number of aromatic hydroxyl groups is 1. The van der Waals surface area contributed by atoms with Crippen LogP contribution < -0.4 is 5.32 Å². The van der Waals surface area contributed by atoms with Gasteiger partial charge in [0.1, 0.15) is 5.75 Å². The van der Waals surface area contributed by atoms with E-state index in [9.17, 15) is 5.11 Å². The number of aromatic nitrogens is 1. The van der Waals surface area contributed by atoms with E-state index < -0.39 is 0 Å². The van der Waals surface area contributed by atoms with Crippen LogP contribution in [0.25, 0.3) is 10.9 Å². The van der Waals surface area contributed by atoms with Gasteiger partial charge in [0.15, 0.2) is 0 Å². The molecule has 3 nitrogen and oxygen atoms in total. The molecule has 3 rings (SSSR count). The number of phenolic OH excluding ortho intramolecular Hbond substituents is 1. The van der Waals surface area contributed by atoms with Crippen LogP contribution in [0.15, 0.2) is 48.7 Å². The highest BCUT2D eigenvalue weighted by atomic mass is 16.3. The van der Waals surface area contributed by atoms with Crippen molar-refractivity contribution in [2.24, 2.45) is 0 Å². The number of hydrogen-bond donors (Lipinski definition) is 2. The largest absolute Gasteiger partial charge is 0.507 e. The molecule has 136 valence electrons. The van der Waals surface area contributed by atoms with Crippen LogP contribution in [0.3, 0.4) is 0 Å². The molecule has 0 aliphatic rings. The predicted octanol–water partition coefficient (Wildman–Crippen LogP) is 6.28. The van der Waals surface area contributed by atoms with Crippen molar-refractivity contribution >= 4 is 22.3 Å². The zero-order valence-electron chi connectivity index (χ0n) is 16.5. The Morgan fingerprint density at radius 2 is 1.38 bits per heavy atom. The Kier molecular flexibility index (Phi) is 4.43. The monoisotopic (exact) mass is 348 g/mol. The normalized spacial score (nSPS) is 12.4. The van der Waals surface area contributed by atoms with Crippen LogP contribution in [0, 0.1) is 0 Å². The lowest BCUT2D eigenvalue weighted by molar-refractivity contribution is 0.423. The molecule has 0 aliphatic carbocycles. The van der Waals surface area contributed by atoms with Gasteiger partial charge in [0, 0.05) is 22.2 Å². The molecule has 2 N–H and O–H groups in total. The Hall–Kier alpha value is -2.55. The lowest BCUT2D eigenvalue weighted by Gasteiger charge is -2.28. The molecule has 0 saturated carbocycles. The van der Waals surface area contributed by atoms with E-state index in [1.165, 1.54) is 0 Å². The average molecular weight is 348 g/mol. The molecule has 0 radical (unpaired) electrons. The molecular weight excluding hydrogens is 320 g/mol. The molecule has 1 aromatic heterocycles. The molecule has 3 heteroatoms. The SMILES string of the molecule is CC(C)(C)c1cc(Nc2cnc3ccccc3c2)cc(C(C)(C)C)c1O. The van der Waals surface area contributed by atoms with Gasteiger partial charge in [-0.2, -0.15) is 0 Å². The fourth-order valence-electron chi connectivity index (χ4n) is 3.16. The molecule has 0 atom stereocenters. The first-order valence-corrected chi connectivity index (χ1v) is 9.05. The third kappa shape index (κ3) is 3.67. The molecule has 0 bridgehead atoms. The van der Waals surface area contributed by atoms with Crippen LogP contribution >= 0.6 is 0 Å². The van der Waals surface area contributed by atoms with Crippen LogP contribution in [0.5, 0.6) is 5.75 Å². The molecule has 0 amide bonds. The van der Waals surface area contributed by atoms with Crippen molar-refractivity contribution in [2.75, 3.05) is 5.32 Å². The number of nitrogens with zero attached hydrogens (tertiary/aromatic N) is 1. The maximum atomic E-state index is 10.9. The van der Waals surface area contributed by atoms with Gasteiger partial charge in [0.05, 0.1) is 17.4 Å². The highest BCUT2D eigenvalue weighted by Gasteiger charge is 2.26. The Morgan fingerprint density at radius 1 is 0.808 bits per heavy atom. The van der Waals surface area contributed by atoms with Crippen molar-refractivity contribution < 1.29 is 5.11 Å². The highest BCUT2D eigenvalue weighted by molar-refractivity contribution is 5.82. The number of rotatable bonds is 2. The molecule has 0 aliphatic heterocycles. The summed E-state index contributed by atoms with van der Waals surface area (Å²) in [4.78, 5) is 4.53. The third-order valence-corrected chi connectivity index (χ3v) is 4.61. The number of nitrogens with one attached hydrogen (secondary N) is 1. The van der Waals surface area contributed by atoms with Crippen LogP contribution in [-0.2, 0) is 10.8 Å². The number of anilines is 2. The van der Waals surface area contributed by atoms with E-state index in [0.717, 1.165) is 33.4 Å². The first-order chi connectivity index (χ1) is 12.1. The minimum Gasteiger partial charge on any atom is -0.507 e. The second-order valence-electron chi connectivity index (χ2n) is 8.96. The Labute approximate surface area is 156 Å². The first-order valence-electron chi connectivity index (χ1n) is 9.05. The molecule has 2 aromatic carbocycles. The lowest BCUT2D eigenvalue weighted by atomic mass is 9.79. The van der Waals surface area contributed by atoms with Gasteiger partial charge < -0.3 is 10.4 Å². The fourth-order valence-corrected chi connectivity index (χ4v) is 3.16. The summed E-state index contributed by atoms with van der Waals surface area (Å²) >= 11 is 0. The van der Waals surface area contributed by atoms with Gasteiger partial charge in [0.2, 0.25) is 0 Å². The standard InChI is InChI=1S/C23H28N2O/c1-22(2,3)18-12-16(13-19(21(18)26)23(4,5)6)25-17-11-15-9-7-8-10-20(15)24-14-17/h7-14,25-26H,1-6H3. The lowest BCUT2D eigenvalue weighted by Crippen LogP contribution is -2.17. The van der Waals surface area contributed by atoms with Gasteiger partial charge in [-0.3, -0.25) is 4.98 Å². The van der Waals surface area contributed by atoms with Crippen LogP contribution in [0.4, 0.5) is 11.4 Å². The van der Waals surface area contributed by atoms with E-state index in [0.29, 0.717) is 5.75 Å². The van der Waals surface area contributed by atoms with Gasteiger partial charge in [0.25, 0.3) is 0 Å². The molecule has 0 unspecified atom stereocenters. The fraction of sp³-hybridized carbons (Fsp3) is 0.348. The van der Waals surface area contributed by atoms with Gasteiger partial charge in [-0.25, -0.2) is 0 Å². The number of para-hydroxylation sites is 1. The Balaban J connectivity index is 2.08. The quantitative estimate of drug-likeness (QED) is 0.536. The van der Waals surface area contributed by atoms with Gasteiger partial charge >= 0.3 is 0 Å². The van der Waals surface area contributed by atoms with Crippen molar-refractivity contribution in [3.05, 3.63) is 59.8 Å². The molecule has 3 aromatic rings. The van der Waals surface area contributed by atoms with Crippen LogP contribution in [-0.4, -0.2) is 10.1 Å². The zero-order valence-corrected chi connectivity index (χ0v) is 16.5. The maximum Gasteiger partial charge on any atom is 0.123 e. The Morgan fingerprint density at radius 3 is 1.96 bits per heavy atom. The molecule has 0 spiro atoms. The van der Waals surface area contributed by atoms with Crippen molar-refractivity contribution in [1.82, 2.24) is 4.98 Å². The molecular formula is C23H28N2O. The zero-order chi connectivity index (χ0) is 19.1. The second kappa shape index (κ2) is 6.31. The van der Waals surface area contributed by atoms with E-state index in [4.69, 9.17) is 0 Å². The summed E-state index contributed by atoms with van der Waals surface area (Å²) in [5, 5.41) is 15.4. The van der Waals surface area contributed by atoms with Crippen molar-refractivity contribution in [1.29, 1.82) is 0 Å². The van der Waals surface area contributed by atoms with Gasteiger partial charge in [-0.15, -0.1) is 0 Å². The minimum absolute atomic E-state index is 0.149. The van der Waals surface area contributed by atoms with Crippen molar-refractivity contribution in [3.63, 3.8) is 0 Å². The van der Waals surface area contributed by atoms with E-state index in [1.54, 1.807) is 0 Å². The smallest absolute Gasteiger partial charge is 0.123 e. The topological polar surface area (TPSA) is 45.2 Å². The van der Waals surface area contributed by atoms with E-state index in [1.807, 2.05) is 36.5 Å². The summed E-state index contributed by atoms with van der Waals surface area (Å²) < 4.78 is 0. The van der Waals surface area contributed by atoms with Crippen LogP contribution in [0.1, 0.15) is 52.7 Å². The van der Waals surface area contributed by atoms with Crippen molar-refractivity contribution in [2.45, 2.75) is 52.4 Å². The number of phenols is 1. The average Bonchev–Trinajstić information content (AvgIpc) is 2.54. The number of hydrogen-bond acceptors (Lipinski definition) is 3. The van der Waals surface area contributed by atoms with Crippen LogP contribution in [0.2, 0.25) is 0 Å². The first kappa shape index (κ1) is 18.2.